The van der Waals surface area contributed by atoms with Crippen LogP contribution in [0.2, 0.25) is 0 Å². The number of benzene rings is 2. The van der Waals surface area contributed by atoms with Crippen molar-refractivity contribution in [1.82, 2.24) is 4.57 Å². The number of hydrogen-bond acceptors (Lipinski definition) is 9. The summed E-state index contributed by atoms with van der Waals surface area (Å²) in [5.74, 6) is 0.945. The summed E-state index contributed by atoms with van der Waals surface area (Å²) >= 11 is 3.22. The second-order valence-corrected chi connectivity index (χ2v) is 10.1. The number of aromatic hydroxyl groups is 1. The number of nitrogens with zero attached hydrogens (tertiary/aromatic N) is 2. The molecule has 0 saturated carbocycles. The van der Waals surface area contributed by atoms with Gasteiger partial charge in [0, 0.05) is 0 Å². The maximum atomic E-state index is 13.7. The number of carbonyl (C=O) groups excluding carboxylic acids is 1. The zero-order valence-electron chi connectivity index (χ0n) is 19.5. The van der Waals surface area contributed by atoms with E-state index in [-0.39, 0.29) is 30.3 Å². The molecule has 0 radical (unpaired) electrons. The number of phenolic OH excluding ortho intramolecular Hbond substituents is 1. The maximum absolute atomic E-state index is 13.7. The van der Waals surface area contributed by atoms with Crippen LogP contribution in [0.15, 0.2) is 51.4 Å². The van der Waals surface area contributed by atoms with Crippen molar-refractivity contribution in [3.05, 3.63) is 76.0 Å². The average Bonchev–Trinajstić information content (AvgIpc) is 3.44. The molecular formula is C25H21IN2O7S. The fraction of sp³-hybridized carbons (Fsp3) is 0.240. The van der Waals surface area contributed by atoms with Gasteiger partial charge in [-0.3, -0.25) is 9.36 Å². The minimum Gasteiger partial charge on any atom is -0.504 e. The van der Waals surface area contributed by atoms with E-state index < -0.39 is 12.0 Å². The lowest BCUT2D eigenvalue weighted by molar-refractivity contribution is -0.139. The highest BCUT2D eigenvalue weighted by Crippen LogP contribution is 2.38. The lowest BCUT2D eigenvalue weighted by atomic mass is 9.95. The van der Waals surface area contributed by atoms with Crippen LogP contribution in [0.4, 0.5) is 0 Å². The van der Waals surface area contributed by atoms with E-state index in [1.54, 1.807) is 50.3 Å². The third-order valence-electron chi connectivity index (χ3n) is 5.80. The highest BCUT2D eigenvalue weighted by Gasteiger charge is 2.34. The predicted octanol–water partition coefficient (Wildman–Crippen LogP) is 2.85. The van der Waals surface area contributed by atoms with Gasteiger partial charge >= 0.3 is 5.97 Å². The molecule has 1 N–H and O–H groups in total. The molecule has 0 spiro atoms. The monoisotopic (exact) mass is 620 g/mol. The topological polar surface area (TPSA) is 109 Å². The summed E-state index contributed by atoms with van der Waals surface area (Å²) in [6, 6.07) is 7.99. The number of aromatic nitrogens is 1. The first-order chi connectivity index (χ1) is 17.3. The molecule has 0 saturated heterocycles. The smallest absolute Gasteiger partial charge is 0.338 e. The molecule has 5 rings (SSSR count). The van der Waals surface area contributed by atoms with Crippen LogP contribution in [0, 0.1) is 3.57 Å². The second-order valence-electron chi connectivity index (χ2n) is 7.97. The Balaban J connectivity index is 1.72. The van der Waals surface area contributed by atoms with Gasteiger partial charge in [0.2, 0.25) is 6.79 Å². The number of hydrogen-bond donors (Lipinski definition) is 1. The molecule has 186 valence electrons. The lowest BCUT2D eigenvalue weighted by Crippen LogP contribution is -2.39. The van der Waals surface area contributed by atoms with Crippen molar-refractivity contribution in [2.75, 3.05) is 20.5 Å². The molecule has 0 amide bonds. The fourth-order valence-corrected chi connectivity index (χ4v) is 5.85. The van der Waals surface area contributed by atoms with Gasteiger partial charge in [-0.15, -0.1) is 0 Å². The van der Waals surface area contributed by atoms with E-state index in [1.807, 2.05) is 22.6 Å². The van der Waals surface area contributed by atoms with Crippen LogP contribution < -0.4 is 29.1 Å². The number of rotatable bonds is 5. The second kappa shape index (κ2) is 9.62. The minimum absolute atomic E-state index is 0.0363. The predicted molar refractivity (Wildman–Crippen MR) is 140 cm³/mol. The molecule has 9 nitrogen and oxygen atoms in total. The van der Waals surface area contributed by atoms with Gasteiger partial charge in [0.25, 0.3) is 5.56 Å². The highest BCUT2D eigenvalue weighted by molar-refractivity contribution is 14.1. The van der Waals surface area contributed by atoms with Crippen molar-refractivity contribution in [3.63, 3.8) is 0 Å². The van der Waals surface area contributed by atoms with Crippen LogP contribution in [0.3, 0.4) is 0 Å². The number of carbonyl (C=O) groups is 1. The normalized spacial score (nSPS) is 16.6. The highest BCUT2D eigenvalue weighted by atomic mass is 127. The number of phenols is 1. The molecular weight excluding hydrogens is 599 g/mol. The van der Waals surface area contributed by atoms with Crippen LogP contribution in [-0.4, -0.2) is 36.2 Å². The van der Waals surface area contributed by atoms with E-state index in [2.05, 4.69) is 4.99 Å². The van der Waals surface area contributed by atoms with Crippen molar-refractivity contribution in [3.8, 4) is 23.0 Å². The number of methoxy groups -OCH3 is 1. The Morgan fingerprint density at radius 3 is 2.83 bits per heavy atom. The van der Waals surface area contributed by atoms with Crippen molar-refractivity contribution >= 4 is 46.0 Å². The first kappa shape index (κ1) is 24.4. The van der Waals surface area contributed by atoms with Crippen molar-refractivity contribution < 1.29 is 28.8 Å². The van der Waals surface area contributed by atoms with E-state index in [9.17, 15) is 14.7 Å². The van der Waals surface area contributed by atoms with E-state index in [4.69, 9.17) is 18.9 Å². The Morgan fingerprint density at radius 1 is 1.31 bits per heavy atom. The van der Waals surface area contributed by atoms with Gasteiger partial charge in [0.05, 0.1) is 39.1 Å². The molecule has 0 fully saturated rings. The molecule has 0 aliphatic carbocycles. The average molecular weight is 620 g/mol. The first-order valence-corrected chi connectivity index (χ1v) is 12.9. The standard InChI is InChI=1S/C25H21IN2O7S/c1-4-33-24(31)20-12(2)27-25-28(21(20)14-5-6-16-17(10-14)35-11-34-16)23(30)19(36-25)9-13-7-15(26)22(29)18(8-13)32-3/h5-10,21,29H,4,11H2,1-3H3/b19-9-/t21-/m0/s1. The van der Waals surface area contributed by atoms with Crippen molar-refractivity contribution in [1.29, 1.82) is 0 Å². The van der Waals surface area contributed by atoms with Crippen LogP contribution in [0.25, 0.3) is 6.08 Å². The molecule has 11 heteroatoms. The molecule has 3 aromatic rings. The summed E-state index contributed by atoms with van der Waals surface area (Å²) in [6.07, 6.45) is 1.72. The molecule has 1 aromatic heterocycles. The number of fused-ring (bicyclic) bond motifs is 2. The Kier molecular flexibility index (Phi) is 6.51. The summed E-state index contributed by atoms with van der Waals surface area (Å²) in [5, 5.41) is 10.2. The van der Waals surface area contributed by atoms with Gasteiger partial charge in [-0.05, 0) is 77.9 Å². The zero-order valence-corrected chi connectivity index (χ0v) is 22.5. The first-order valence-electron chi connectivity index (χ1n) is 11.0. The SMILES string of the molecule is CCOC(=O)C1=C(C)N=c2s/c(=C\c3cc(I)c(O)c(OC)c3)c(=O)n2[C@H]1c1ccc2c(c1)OCO2. The molecule has 2 aliphatic rings. The number of halogens is 1. The van der Waals surface area contributed by atoms with Gasteiger partial charge in [-0.1, -0.05) is 17.4 Å². The Labute approximate surface area is 223 Å². The molecule has 3 heterocycles. The van der Waals surface area contributed by atoms with Crippen LogP contribution >= 0.6 is 33.9 Å². The van der Waals surface area contributed by atoms with Gasteiger partial charge in [-0.25, -0.2) is 9.79 Å². The molecule has 36 heavy (non-hydrogen) atoms. The zero-order chi connectivity index (χ0) is 25.6. The van der Waals surface area contributed by atoms with Crippen molar-refractivity contribution in [2.24, 2.45) is 4.99 Å². The van der Waals surface area contributed by atoms with Gasteiger partial charge < -0.3 is 24.1 Å². The Morgan fingerprint density at radius 2 is 2.08 bits per heavy atom. The Hall–Kier alpha value is -3.32. The lowest BCUT2D eigenvalue weighted by Gasteiger charge is -2.24. The van der Waals surface area contributed by atoms with Crippen LogP contribution in [-0.2, 0) is 9.53 Å². The van der Waals surface area contributed by atoms with E-state index in [1.165, 1.54) is 23.0 Å². The van der Waals surface area contributed by atoms with Gasteiger partial charge in [-0.2, -0.15) is 0 Å². The molecule has 1 atom stereocenters. The Bertz CT molecular complexity index is 1610. The summed E-state index contributed by atoms with van der Waals surface area (Å²) < 4.78 is 24.1. The largest absolute Gasteiger partial charge is 0.504 e. The summed E-state index contributed by atoms with van der Waals surface area (Å²) in [5.41, 5.74) is 1.81. The third kappa shape index (κ3) is 4.15. The van der Waals surface area contributed by atoms with Crippen molar-refractivity contribution in [2.45, 2.75) is 19.9 Å². The van der Waals surface area contributed by atoms with E-state index >= 15 is 0 Å². The summed E-state index contributed by atoms with van der Waals surface area (Å²) in [6.45, 7) is 3.76. The molecule has 2 aromatic carbocycles. The maximum Gasteiger partial charge on any atom is 0.338 e. The molecule has 0 unspecified atom stereocenters. The van der Waals surface area contributed by atoms with Gasteiger partial charge in [0.1, 0.15) is 0 Å². The van der Waals surface area contributed by atoms with E-state index in [0.717, 1.165) is 0 Å². The fourth-order valence-electron chi connectivity index (χ4n) is 4.17. The summed E-state index contributed by atoms with van der Waals surface area (Å²) in [7, 11) is 1.47. The van der Waals surface area contributed by atoms with E-state index in [0.29, 0.717) is 47.0 Å². The quantitative estimate of drug-likeness (QED) is 0.346. The van der Waals surface area contributed by atoms with Gasteiger partial charge in [0.15, 0.2) is 27.8 Å². The minimum atomic E-state index is -0.758. The third-order valence-corrected chi connectivity index (χ3v) is 7.60. The van der Waals surface area contributed by atoms with Crippen LogP contribution in [0.1, 0.15) is 31.0 Å². The molecule has 2 aliphatic heterocycles. The van der Waals surface area contributed by atoms with Crippen LogP contribution in [0.5, 0.6) is 23.0 Å². The number of esters is 1. The number of thiazole rings is 1. The number of allylic oxidation sites excluding steroid dienone is 1. The summed E-state index contributed by atoms with van der Waals surface area (Å²) in [4.78, 5) is 31.8. The molecule has 0 bridgehead atoms. The number of ether oxygens (including phenoxy) is 4.